The van der Waals surface area contributed by atoms with E-state index in [1.54, 1.807) is 0 Å². The molecule has 0 aliphatic heterocycles. The molecule has 0 atom stereocenters. The SMILES string of the molecule is Cc1cc(C)cc(NC(=O)CSc2nc3ccc(NC(=O)C(C)(C)C)cc3s2)c1. The highest BCUT2D eigenvalue weighted by molar-refractivity contribution is 8.01. The summed E-state index contributed by atoms with van der Waals surface area (Å²) in [5.74, 6) is 0.205. The zero-order valence-corrected chi connectivity index (χ0v) is 18.9. The van der Waals surface area contributed by atoms with Gasteiger partial charge in [-0.2, -0.15) is 0 Å². The Labute approximate surface area is 179 Å². The van der Waals surface area contributed by atoms with Crippen molar-refractivity contribution in [1.82, 2.24) is 4.98 Å². The number of benzene rings is 2. The maximum absolute atomic E-state index is 12.3. The number of thiazole rings is 1. The van der Waals surface area contributed by atoms with Crippen molar-refractivity contribution in [3.05, 3.63) is 47.5 Å². The number of thioether (sulfide) groups is 1. The van der Waals surface area contributed by atoms with Crippen molar-refractivity contribution >= 4 is 56.5 Å². The third-order valence-corrected chi connectivity index (χ3v) is 6.30. The topological polar surface area (TPSA) is 71.1 Å². The van der Waals surface area contributed by atoms with Crippen LogP contribution >= 0.6 is 23.1 Å². The summed E-state index contributed by atoms with van der Waals surface area (Å²) in [6.45, 7) is 9.66. The smallest absolute Gasteiger partial charge is 0.234 e. The third-order valence-electron chi connectivity index (χ3n) is 4.14. The van der Waals surface area contributed by atoms with Crippen molar-refractivity contribution in [2.75, 3.05) is 16.4 Å². The number of aryl methyl sites for hydroxylation is 2. The van der Waals surface area contributed by atoms with Gasteiger partial charge in [0.15, 0.2) is 4.34 Å². The number of nitrogens with one attached hydrogen (secondary N) is 2. The normalized spacial score (nSPS) is 11.5. The molecule has 0 aliphatic carbocycles. The number of nitrogens with zero attached hydrogens (tertiary/aromatic N) is 1. The lowest BCUT2D eigenvalue weighted by Crippen LogP contribution is -2.27. The van der Waals surface area contributed by atoms with Gasteiger partial charge in [-0.1, -0.05) is 38.6 Å². The molecule has 0 saturated heterocycles. The Bertz CT molecular complexity index is 1050. The molecular weight excluding hydrogens is 402 g/mol. The van der Waals surface area contributed by atoms with Crippen LogP contribution < -0.4 is 10.6 Å². The summed E-state index contributed by atoms with van der Waals surface area (Å²) in [6, 6.07) is 11.7. The molecule has 0 radical (unpaired) electrons. The number of anilines is 2. The maximum atomic E-state index is 12.3. The molecule has 0 spiro atoms. The van der Waals surface area contributed by atoms with Crippen molar-refractivity contribution in [2.24, 2.45) is 5.41 Å². The molecule has 5 nitrogen and oxygen atoms in total. The molecule has 0 unspecified atom stereocenters. The van der Waals surface area contributed by atoms with E-state index in [4.69, 9.17) is 0 Å². The number of hydrogen-bond acceptors (Lipinski definition) is 5. The van der Waals surface area contributed by atoms with Gasteiger partial charge < -0.3 is 10.6 Å². The van der Waals surface area contributed by atoms with Gasteiger partial charge in [0.2, 0.25) is 11.8 Å². The highest BCUT2D eigenvalue weighted by atomic mass is 32.2. The standard InChI is InChI=1S/C22H25N3O2S2/c1-13-8-14(2)10-16(9-13)23-19(26)12-28-21-25-17-7-6-15(11-18(17)29-21)24-20(27)22(3,4)5/h6-11H,12H2,1-5H3,(H,23,26)(H,24,27). The molecule has 3 aromatic rings. The van der Waals surface area contributed by atoms with Crippen LogP contribution in [0.15, 0.2) is 40.7 Å². The fourth-order valence-corrected chi connectivity index (χ4v) is 4.64. The lowest BCUT2D eigenvalue weighted by atomic mass is 9.95. The van der Waals surface area contributed by atoms with E-state index in [9.17, 15) is 9.59 Å². The van der Waals surface area contributed by atoms with Crippen LogP contribution in [0.2, 0.25) is 0 Å². The predicted octanol–water partition coefficient (Wildman–Crippen LogP) is 5.63. The van der Waals surface area contributed by atoms with E-state index in [0.717, 1.165) is 37.1 Å². The van der Waals surface area contributed by atoms with Crippen LogP contribution in [-0.4, -0.2) is 22.6 Å². The maximum Gasteiger partial charge on any atom is 0.234 e. The van der Waals surface area contributed by atoms with Gasteiger partial charge in [0.1, 0.15) is 0 Å². The Morgan fingerprint density at radius 1 is 1.00 bits per heavy atom. The molecule has 0 fully saturated rings. The number of rotatable bonds is 5. The molecule has 152 valence electrons. The van der Waals surface area contributed by atoms with Gasteiger partial charge in [-0.3, -0.25) is 9.59 Å². The molecule has 2 aromatic carbocycles. The zero-order chi connectivity index (χ0) is 21.2. The molecule has 2 N–H and O–H groups in total. The molecular formula is C22H25N3O2S2. The largest absolute Gasteiger partial charge is 0.326 e. The van der Waals surface area contributed by atoms with Crippen molar-refractivity contribution in [3.63, 3.8) is 0 Å². The molecule has 0 aliphatic rings. The van der Waals surface area contributed by atoms with Crippen LogP contribution in [0, 0.1) is 19.3 Å². The summed E-state index contributed by atoms with van der Waals surface area (Å²) in [6.07, 6.45) is 0. The Morgan fingerprint density at radius 3 is 2.34 bits per heavy atom. The summed E-state index contributed by atoms with van der Waals surface area (Å²) in [5, 5.41) is 5.88. The Balaban J connectivity index is 1.63. The third kappa shape index (κ3) is 5.81. The summed E-state index contributed by atoms with van der Waals surface area (Å²) in [4.78, 5) is 29.0. The average Bonchev–Trinajstić information content (AvgIpc) is 3.00. The van der Waals surface area contributed by atoms with Crippen LogP contribution in [-0.2, 0) is 9.59 Å². The van der Waals surface area contributed by atoms with E-state index in [-0.39, 0.29) is 11.8 Å². The fraction of sp³-hybridized carbons (Fsp3) is 0.318. The summed E-state index contributed by atoms with van der Waals surface area (Å²) >= 11 is 2.93. The minimum Gasteiger partial charge on any atom is -0.326 e. The van der Waals surface area contributed by atoms with E-state index >= 15 is 0 Å². The zero-order valence-electron chi connectivity index (χ0n) is 17.3. The number of fused-ring (bicyclic) bond motifs is 1. The van der Waals surface area contributed by atoms with Gasteiger partial charge in [-0.25, -0.2) is 4.98 Å². The fourth-order valence-electron chi connectivity index (χ4n) is 2.73. The molecule has 0 bridgehead atoms. The summed E-state index contributed by atoms with van der Waals surface area (Å²) in [7, 11) is 0. The lowest BCUT2D eigenvalue weighted by molar-refractivity contribution is -0.123. The van der Waals surface area contributed by atoms with Crippen molar-refractivity contribution in [2.45, 2.75) is 39.0 Å². The Morgan fingerprint density at radius 2 is 1.69 bits per heavy atom. The first-order chi connectivity index (χ1) is 13.6. The number of amides is 2. The van der Waals surface area contributed by atoms with Gasteiger partial charge in [0, 0.05) is 16.8 Å². The molecule has 29 heavy (non-hydrogen) atoms. The van der Waals surface area contributed by atoms with Gasteiger partial charge in [0.25, 0.3) is 0 Å². The first-order valence-electron chi connectivity index (χ1n) is 9.33. The molecule has 2 amide bonds. The van der Waals surface area contributed by atoms with Gasteiger partial charge in [-0.15, -0.1) is 11.3 Å². The van der Waals surface area contributed by atoms with Crippen LogP contribution in [0.1, 0.15) is 31.9 Å². The van der Waals surface area contributed by atoms with Crippen LogP contribution in [0.5, 0.6) is 0 Å². The molecule has 0 saturated carbocycles. The molecule has 1 aromatic heterocycles. The minimum absolute atomic E-state index is 0.0287. The quantitative estimate of drug-likeness (QED) is 0.518. The highest BCUT2D eigenvalue weighted by Crippen LogP contribution is 2.31. The minimum atomic E-state index is -0.452. The van der Waals surface area contributed by atoms with E-state index in [1.165, 1.54) is 23.1 Å². The monoisotopic (exact) mass is 427 g/mol. The van der Waals surface area contributed by atoms with Gasteiger partial charge in [-0.05, 0) is 55.3 Å². The first kappa shape index (κ1) is 21.3. The van der Waals surface area contributed by atoms with Crippen LogP contribution in [0.4, 0.5) is 11.4 Å². The number of aromatic nitrogens is 1. The van der Waals surface area contributed by atoms with E-state index in [2.05, 4.69) is 21.7 Å². The molecule has 7 heteroatoms. The van der Waals surface area contributed by atoms with Gasteiger partial charge in [0.05, 0.1) is 16.0 Å². The first-order valence-corrected chi connectivity index (χ1v) is 11.1. The van der Waals surface area contributed by atoms with Crippen molar-refractivity contribution in [3.8, 4) is 0 Å². The van der Waals surface area contributed by atoms with E-state index < -0.39 is 5.41 Å². The summed E-state index contributed by atoms with van der Waals surface area (Å²) in [5.41, 5.74) is 4.22. The number of carbonyl (C=O) groups is 2. The van der Waals surface area contributed by atoms with E-state index in [0.29, 0.717) is 5.75 Å². The second-order valence-electron chi connectivity index (χ2n) is 8.08. The average molecular weight is 428 g/mol. The van der Waals surface area contributed by atoms with Gasteiger partial charge >= 0.3 is 0 Å². The van der Waals surface area contributed by atoms with Crippen LogP contribution in [0.3, 0.4) is 0 Å². The second kappa shape index (κ2) is 8.55. The van der Waals surface area contributed by atoms with Crippen molar-refractivity contribution < 1.29 is 9.59 Å². The molecule has 1 heterocycles. The highest BCUT2D eigenvalue weighted by Gasteiger charge is 2.21. The van der Waals surface area contributed by atoms with E-state index in [1.807, 2.05) is 65.0 Å². The lowest BCUT2D eigenvalue weighted by Gasteiger charge is -2.17. The van der Waals surface area contributed by atoms with Crippen LogP contribution in [0.25, 0.3) is 10.2 Å². The number of hydrogen-bond donors (Lipinski definition) is 2. The van der Waals surface area contributed by atoms with Crippen molar-refractivity contribution in [1.29, 1.82) is 0 Å². The molecule has 3 rings (SSSR count). The second-order valence-corrected chi connectivity index (χ2v) is 10.3. The Kier molecular flexibility index (Phi) is 6.29. The Hall–Kier alpha value is -2.38. The predicted molar refractivity (Wildman–Crippen MR) is 123 cm³/mol. The summed E-state index contributed by atoms with van der Waals surface area (Å²) < 4.78 is 1.81. The number of carbonyl (C=O) groups excluding carboxylic acids is 2.